The first-order valence-corrected chi connectivity index (χ1v) is 8.02. The molecule has 120 valence electrons. The third kappa shape index (κ3) is 3.21. The second-order valence-electron chi connectivity index (χ2n) is 6.84. The molecule has 0 atom stereocenters. The van der Waals surface area contributed by atoms with Crippen LogP contribution in [0, 0.1) is 5.41 Å². The summed E-state index contributed by atoms with van der Waals surface area (Å²) >= 11 is 0. The van der Waals surface area contributed by atoms with Crippen molar-refractivity contribution in [3.63, 3.8) is 0 Å². The molecule has 2 aliphatic rings. The Morgan fingerprint density at radius 1 is 1.18 bits per heavy atom. The monoisotopic (exact) mass is 303 g/mol. The summed E-state index contributed by atoms with van der Waals surface area (Å²) in [6, 6.07) is 1.85. The van der Waals surface area contributed by atoms with Gasteiger partial charge in [-0.15, -0.1) is 0 Å². The van der Waals surface area contributed by atoms with Crippen molar-refractivity contribution in [1.82, 2.24) is 19.8 Å². The number of aromatic nitrogens is 2. The van der Waals surface area contributed by atoms with E-state index in [2.05, 4.69) is 19.8 Å². The minimum absolute atomic E-state index is 0.260. The molecule has 0 saturated carbocycles. The van der Waals surface area contributed by atoms with Crippen LogP contribution < -0.4 is 4.90 Å². The van der Waals surface area contributed by atoms with Crippen molar-refractivity contribution in [1.29, 1.82) is 0 Å². The van der Waals surface area contributed by atoms with Gasteiger partial charge in [0.1, 0.15) is 0 Å². The highest BCUT2D eigenvalue weighted by atomic mass is 16.2. The lowest BCUT2D eigenvalue weighted by molar-refractivity contribution is -0.131. The molecule has 0 N–H and O–H groups in total. The maximum Gasteiger partial charge on any atom is 0.236 e. The zero-order valence-corrected chi connectivity index (χ0v) is 13.5. The molecule has 3 rings (SSSR count). The van der Waals surface area contributed by atoms with Gasteiger partial charge in [0, 0.05) is 38.6 Å². The number of anilines is 1. The minimum Gasteiger partial charge on any atom is -0.341 e. The van der Waals surface area contributed by atoms with Crippen LogP contribution in [-0.2, 0) is 4.79 Å². The summed E-state index contributed by atoms with van der Waals surface area (Å²) in [5.74, 6) is 1.09. The Hall–Kier alpha value is -1.69. The van der Waals surface area contributed by atoms with Crippen molar-refractivity contribution < 1.29 is 4.79 Å². The largest absolute Gasteiger partial charge is 0.341 e. The van der Waals surface area contributed by atoms with Gasteiger partial charge in [0.15, 0.2) is 0 Å². The molecule has 2 saturated heterocycles. The average molecular weight is 303 g/mol. The molecule has 3 heterocycles. The molecular weight excluding hydrogens is 278 g/mol. The molecule has 1 aromatic rings. The van der Waals surface area contributed by atoms with Gasteiger partial charge in [-0.05, 0) is 44.8 Å². The van der Waals surface area contributed by atoms with Gasteiger partial charge >= 0.3 is 0 Å². The second-order valence-corrected chi connectivity index (χ2v) is 6.84. The molecule has 1 spiro atoms. The summed E-state index contributed by atoms with van der Waals surface area (Å²) < 4.78 is 0. The fourth-order valence-corrected chi connectivity index (χ4v) is 3.56. The summed E-state index contributed by atoms with van der Waals surface area (Å²) in [4.78, 5) is 27.2. The zero-order chi connectivity index (χ0) is 15.6. The topological polar surface area (TPSA) is 52.6 Å². The zero-order valence-electron chi connectivity index (χ0n) is 13.5. The maximum atomic E-state index is 12.2. The van der Waals surface area contributed by atoms with Crippen molar-refractivity contribution in [2.75, 3.05) is 51.7 Å². The van der Waals surface area contributed by atoms with Crippen LogP contribution in [0.3, 0.4) is 0 Å². The molecule has 2 aliphatic heterocycles. The number of carbonyl (C=O) groups excluding carboxylic acids is 1. The van der Waals surface area contributed by atoms with Crippen molar-refractivity contribution >= 4 is 11.9 Å². The van der Waals surface area contributed by atoms with Crippen LogP contribution in [0.4, 0.5) is 5.95 Å². The number of rotatable bonds is 3. The van der Waals surface area contributed by atoms with E-state index in [1.807, 2.05) is 25.1 Å². The van der Waals surface area contributed by atoms with E-state index in [9.17, 15) is 4.79 Å². The highest BCUT2D eigenvalue weighted by Gasteiger charge is 2.42. The van der Waals surface area contributed by atoms with Crippen LogP contribution >= 0.6 is 0 Å². The highest BCUT2D eigenvalue weighted by Crippen LogP contribution is 2.40. The quantitative estimate of drug-likeness (QED) is 0.829. The van der Waals surface area contributed by atoms with Gasteiger partial charge in [0.2, 0.25) is 11.9 Å². The van der Waals surface area contributed by atoms with Gasteiger partial charge in [-0.3, -0.25) is 4.79 Å². The Morgan fingerprint density at radius 2 is 1.82 bits per heavy atom. The molecule has 22 heavy (non-hydrogen) atoms. The first kappa shape index (κ1) is 15.2. The normalized spacial score (nSPS) is 20.9. The Morgan fingerprint density at radius 3 is 2.45 bits per heavy atom. The number of hydrogen-bond acceptors (Lipinski definition) is 5. The third-order valence-electron chi connectivity index (χ3n) is 4.90. The van der Waals surface area contributed by atoms with Crippen molar-refractivity contribution in [3.8, 4) is 0 Å². The molecule has 6 heteroatoms. The Balaban J connectivity index is 1.56. The van der Waals surface area contributed by atoms with Crippen LogP contribution in [0.1, 0.15) is 19.3 Å². The fraction of sp³-hybridized carbons (Fsp3) is 0.688. The summed E-state index contributed by atoms with van der Waals surface area (Å²) in [7, 11) is 3.89. The smallest absolute Gasteiger partial charge is 0.236 e. The van der Waals surface area contributed by atoms with E-state index in [-0.39, 0.29) is 5.91 Å². The summed E-state index contributed by atoms with van der Waals surface area (Å²) in [5, 5.41) is 0. The number of likely N-dealkylation sites (N-methyl/N-ethyl adjacent to an activating group) is 1. The lowest BCUT2D eigenvalue weighted by atomic mass is 9.78. The SMILES string of the molecule is CN(C)CC(=O)N1CCC2(CCN(c3ncccn3)CC2)C1. The predicted molar refractivity (Wildman–Crippen MR) is 85.7 cm³/mol. The van der Waals surface area contributed by atoms with Gasteiger partial charge in [0.05, 0.1) is 6.54 Å². The van der Waals surface area contributed by atoms with Crippen LogP contribution in [0.15, 0.2) is 18.5 Å². The summed E-state index contributed by atoms with van der Waals surface area (Å²) in [6.07, 6.45) is 6.97. The molecule has 0 aromatic carbocycles. The molecular formula is C16H25N5O. The van der Waals surface area contributed by atoms with Crippen LogP contribution in [0.25, 0.3) is 0 Å². The molecule has 0 bridgehead atoms. The summed E-state index contributed by atoms with van der Waals surface area (Å²) in [5.41, 5.74) is 0.313. The number of carbonyl (C=O) groups is 1. The van der Waals surface area contributed by atoms with Gasteiger partial charge in [-0.25, -0.2) is 9.97 Å². The van der Waals surface area contributed by atoms with Gasteiger partial charge in [-0.2, -0.15) is 0 Å². The first-order valence-electron chi connectivity index (χ1n) is 8.02. The van der Waals surface area contributed by atoms with Crippen molar-refractivity contribution in [3.05, 3.63) is 18.5 Å². The first-order chi connectivity index (χ1) is 10.6. The average Bonchev–Trinajstić information content (AvgIpc) is 2.92. The van der Waals surface area contributed by atoms with E-state index >= 15 is 0 Å². The molecule has 6 nitrogen and oxygen atoms in total. The number of piperidine rings is 1. The third-order valence-corrected chi connectivity index (χ3v) is 4.90. The van der Waals surface area contributed by atoms with Gasteiger partial charge < -0.3 is 14.7 Å². The van der Waals surface area contributed by atoms with Gasteiger partial charge in [0.25, 0.3) is 0 Å². The Kier molecular flexibility index (Phi) is 4.29. The molecule has 2 fully saturated rings. The van der Waals surface area contributed by atoms with E-state index in [0.29, 0.717) is 12.0 Å². The lowest BCUT2D eigenvalue weighted by Crippen LogP contribution is -2.43. The van der Waals surface area contributed by atoms with Crippen molar-refractivity contribution in [2.24, 2.45) is 5.41 Å². The van der Waals surface area contributed by atoms with Crippen LogP contribution in [-0.4, -0.2) is 72.5 Å². The standard InChI is InChI=1S/C16H25N5O/c1-19(2)12-14(22)21-11-6-16(13-21)4-9-20(10-5-16)15-17-7-3-8-18-15/h3,7-8H,4-6,9-13H2,1-2H3. The lowest BCUT2D eigenvalue weighted by Gasteiger charge is -2.39. The molecule has 0 aliphatic carbocycles. The predicted octanol–water partition coefficient (Wildman–Crippen LogP) is 0.857. The Bertz CT molecular complexity index is 511. The highest BCUT2D eigenvalue weighted by molar-refractivity contribution is 5.78. The van der Waals surface area contributed by atoms with E-state index in [1.54, 1.807) is 12.4 Å². The van der Waals surface area contributed by atoms with E-state index < -0.39 is 0 Å². The van der Waals surface area contributed by atoms with E-state index in [1.165, 1.54) is 0 Å². The Labute approximate surface area is 132 Å². The number of hydrogen-bond donors (Lipinski definition) is 0. The minimum atomic E-state index is 0.260. The van der Waals surface area contributed by atoms with Gasteiger partial charge in [-0.1, -0.05) is 0 Å². The number of amides is 1. The molecule has 0 radical (unpaired) electrons. The van der Waals surface area contributed by atoms with E-state index in [4.69, 9.17) is 0 Å². The van der Waals surface area contributed by atoms with Crippen LogP contribution in [0.5, 0.6) is 0 Å². The summed E-state index contributed by atoms with van der Waals surface area (Å²) in [6.45, 7) is 4.32. The molecule has 0 unspecified atom stereocenters. The van der Waals surface area contributed by atoms with E-state index in [0.717, 1.165) is 51.4 Å². The second kappa shape index (κ2) is 6.20. The number of likely N-dealkylation sites (tertiary alicyclic amines) is 1. The molecule has 1 aromatic heterocycles. The maximum absolute atomic E-state index is 12.2. The van der Waals surface area contributed by atoms with Crippen molar-refractivity contribution in [2.45, 2.75) is 19.3 Å². The molecule has 1 amide bonds. The fourth-order valence-electron chi connectivity index (χ4n) is 3.56. The number of nitrogens with zero attached hydrogens (tertiary/aromatic N) is 5. The van der Waals surface area contributed by atoms with Crippen LogP contribution in [0.2, 0.25) is 0 Å².